The van der Waals surface area contributed by atoms with E-state index in [9.17, 15) is 4.79 Å². The smallest absolute Gasteiger partial charge is 0.257 e. The molecular weight excluding hydrogens is 262 g/mol. The van der Waals surface area contributed by atoms with Gasteiger partial charge in [-0.15, -0.1) is 0 Å². The van der Waals surface area contributed by atoms with Crippen LogP contribution < -0.4 is 10.6 Å². The van der Waals surface area contributed by atoms with Crippen molar-refractivity contribution in [3.63, 3.8) is 0 Å². The molecule has 0 saturated carbocycles. The average molecular weight is 283 g/mol. The summed E-state index contributed by atoms with van der Waals surface area (Å²) in [4.78, 5) is 16.6. The third kappa shape index (κ3) is 3.81. The Kier molecular flexibility index (Phi) is 4.93. The van der Waals surface area contributed by atoms with E-state index in [2.05, 4.69) is 22.5 Å². The highest BCUT2D eigenvalue weighted by Gasteiger charge is 2.12. The Balaban J connectivity index is 2.25. The number of hydrogen-bond acceptors (Lipinski definition) is 3. The molecule has 2 rings (SSSR count). The number of rotatable bonds is 5. The Bertz CT molecular complexity index is 638. The summed E-state index contributed by atoms with van der Waals surface area (Å²) >= 11 is 0. The van der Waals surface area contributed by atoms with Gasteiger partial charge in [-0.1, -0.05) is 18.6 Å². The minimum Gasteiger partial charge on any atom is -0.384 e. The second-order valence-corrected chi connectivity index (χ2v) is 5.12. The number of hydrogen-bond donors (Lipinski definition) is 2. The summed E-state index contributed by atoms with van der Waals surface area (Å²) in [6, 6.07) is 7.74. The fourth-order valence-corrected chi connectivity index (χ4v) is 2.04. The number of aromatic nitrogens is 1. The van der Waals surface area contributed by atoms with Gasteiger partial charge in [0.05, 0.1) is 17.4 Å². The number of nitrogens with zero attached hydrogens (tertiary/aromatic N) is 1. The lowest BCUT2D eigenvalue weighted by atomic mass is 10.1. The van der Waals surface area contributed by atoms with Crippen LogP contribution in [0, 0.1) is 13.8 Å². The van der Waals surface area contributed by atoms with Gasteiger partial charge in [0.25, 0.3) is 5.91 Å². The fourth-order valence-electron chi connectivity index (χ4n) is 2.04. The summed E-state index contributed by atoms with van der Waals surface area (Å²) in [5.74, 6) is -0.117. The van der Waals surface area contributed by atoms with Crippen LogP contribution in [-0.2, 0) is 0 Å². The van der Waals surface area contributed by atoms with Gasteiger partial charge in [0.1, 0.15) is 0 Å². The molecule has 0 unspecified atom stereocenters. The van der Waals surface area contributed by atoms with Crippen molar-refractivity contribution in [2.24, 2.45) is 0 Å². The van der Waals surface area contributed by atoms with Gasteiger partial charge < -0.3 is 10.6 Å². The Morgan fingerprint density at radius 2 is 2.00 bits per heavy atom. The van der Waals surface area contributed by atoms with E-state index in [1.807, 2.05) is 38.1 Å². The number of pyridine rings is 1. The zero-order chi connectivity index (χ0) is 15.2. The van der Waals surface area contributed by atoms with Gasteiger partial charge in [-0.05, 0) is 44.0 Å². The van der Waals surface area contributed by atoms with Gasteiger partial charge in [0, 0.05) is 18.4 Å². The minimum atomic E-state index is -0.117. The summed E-state index contributed by atoms with van der Waals surface area (Å²) in [5.41, 5.74) is 4.32. The summed E-state index contributed by atoms with van der Waals surface area (Å²) in [5, 5.41) is 6.22. The SMILES string of the molecule is CCCNc1ccc(C)cc1C(=O)Nc1cnccc1C. The molecule has 1 amide bonds. The first-order valence-electron chi connectivity index (χ1n) is 7.18. The Hall–Kier alpha value is -2.36. The second kappa shape index (κ2) is 6.88. The molecule has 21 heavy (non-hydrogen) atoms. The first-order chi connectivity index (χ1) is 10.1. The number of amides is 1. The third-order valence-electron chi connectivity index (χ3n) is 3.27. The first kappa shape index (κ1) is 15.0. The van der Waals surface area contributed by atoms with Crippen LogP contribution in [0.2, 0.25) is 0 Å². The highest BCUT2D eigenvalue weighted by atomic mass is 16.1. The quantitative estimate of drug-likeness (QED) is 0.878. The van der Waals surface area contributed by atoms with E-state index in [0.717, 1.165) is 35.5 Å². The highest BCUT2D eigenvalue weighted by Crippen LogP contribution is 2.20. The van der Waals surface area contributed by atoms with Crippen molar-refractivity contribution in [3.8, 4) is 0 Å². The van der Waals surface area contributed by atoms with Crippen LogP contribution in [0.15, 0.2) is 36.7 Å². The van der Waals surface area contributed by atoms with Gasteiger partial charge in [0.2, 0.25) is 0 Å². The fraction of sp³-hybridized carbons (Fsp3) is 0.294. The van der Waals surface area contributed by atoms with E-state index >= 15 is 0 Å². The third-order valence-corrected chi connectivity index (χ3v) is 3.27. The van der Waals surface area contributed by atoms with E-state index in [1.165, 1.54) is 0 Å². The summed E-state index contributed by atoms with van der Waals surface area (Å²) < 4.78 is 0. The van der Waals surface area contributed by atoms with Crippen LogP contribution >= 0.6 is 0 Å². The topological polar surface area (TPSA) is 54.0 Å². The molecule has 0 atom stereocenters. The number of carbonyl (C=O) groups excluding carboxylic acids is 1. The van der Waals surface area contributed by atoms with Gasteiger partial charge in [0.15, 0.2) is 0 Å². The molecular formula is C17H21N3O. The van der Waals surface area contributed by atoms with Crippen LogP contribution in [0.25, 0.3) is 0 Å². The number of nitrogens with one attached hydrogen (secondary N) is 2. The predicted octanol–water partition coefficient (Wildman–Crippen LogP) is 3.77. The van der Waals surface area contributed by atoms with Crippen molar-refractivity contribution in [2.75, 3.05) is 17.2 Å². The molecule has 0 fully saturated rings. The zero-order valence-corrected chi connectivity index (χ0v) is 12.7. The van der Waals surface area contributed by atoms with Gasteiger partial charge in [-0.25, -0.2) is 0 Å². The molecule has 110 valence electrons. The number of aryl methyl sites for hydroxylation is 2. The molecule has 1 aromatic heterocycles. The van der Waals surface area contributed by atoms with Gasteiger partial charge in [-0.2, -0.15) is 0 Å². The zero-order valence-electron chi connectivity index (χ0n) is 12.7. The number of anilines is 2. The summed E-state index contributed by atoms with van der Waals surface area (Å²) in [6.07, 6.45) is 4.39. The highest BCUT2D eigenvalue weighted by molar-refractivity contribution is 6.08. The average Bonchev–Trinajstić information content (AvgIpc) is 2.48. The summed E-state index contributed by atoms with van der Waals surface area (Å²) in [6.45, 7) is 6.87. The maximum atomic E-state index is 12.5. The van der Waals surface area contributed by atoms with Crippen molar-refractivity contribution in [2.45, 2.75) is 27.2 Å². The molecule has 0 aliphatic carbocycles. The molecule has 0 bridgehead atoms. The summed E-state index contributed by atoms with van der Waals surface area (Å²) in [7, 11) is 0. The van der Waals surface area contributed by atoms with Crippen molar-refractivity contribution in [3.05, 3.63) is 53.3 Å². The van der Waals surface area contributed by atoms with Crippen LogP contribution in [-0.4, -0.2) is 17.4 Å². The van der Waals surface area contributed by atoms with Gasteiger partial charge >= 0.3 is 0 Å². The lowest BCUT2D eigenvalue weighted by molar-refractivity contribution is 0.102. The van der Waals surface area contributed by atoms with Crippen LogP contribution in [0.5, 0.6) is 0 Å². The van der Waals surface area contributed by atoms with Crippen molar-refractivity contribution < 1.29 is 4.79 Å². The van der Waals surface area contributed by atoms with Crippen LogP contribution in [0.1, 0.15) is 34.8 Å². The molecule has 0 radical (unpaired) electrons. The maximum absolute atomic E-state index is 12.5. The lowest BCUT2D eigenvalue weighted by Crippen LogP contribution is -2.16. The van der Waals surface area contributed by atoms with E-state index in [4.69, 9.17) is 0 Å². The van der Waals surface area contributed by atoms with E-state index in [1.54, 1.807) is 12.4 Å². The lowest BCUT2D eigenvalue weighted by Gasteiger charge is -2.13. The molecule has 1 aromatic carbocycles. The Morgan fingerprint density at radius 3 is 2.71 bits per heavy atom. The Morgan fingerprint density at radius 1 is 1.19 bits per heavy atom. The standard InChI is InChI=1S/C17H21N3O/c1-4-8-19-15-6-5-12(2)10-14(15)17(21)20-16-11-18-9-7-13(16)3/h5-7,9-11,19H,4,8H2,1-3H3,(H,20,21). The first-order valence-corrected chi connectivity index (χ1v) is 7.18. The normalized spacial score (nSPS) is 10.2. The van der Waals surface area contributed by atoms with Crippen molar-refractivity contribution >= 4 is 17.3 Å². The molecule has 2 aromatic rings. The van der Waals surface area contributed by atoms with E-state index < -0.39 is 0 Å². The van der Waals surface area contributed by atoms with Crippen LogP contribution in [0.3, 0.4) is 0 Å². The molecule has 0 aliphatic rings. The molecule has 0 aliphatic heterocycles. The number of carbonyl (C=O) groups is 1. The van der Waals surface area contributed by atoms with Crippen LogP contribution in [0.4, 0.5) is 11.4 Å². The van der Waals surface area contributed by atoms with Gasteiger partial charge in [-0.3, -0.25) is 9.78 Å². The largest absolute Gasteiger partial charge is 0.384 e. The molecule has 4 heteroatoms. The van der Waals surface area contributed by atoms with E-state index in [-0.39, 0.29) is 5.91 Å². The van der Waals surface area contributed by atoms with E-state index in [0.29, 0.717) is 5.56 Å². The monoisotopic (exact) mass is 283 g/mol. The Labute approximate surface area is 125 Å². The minimum absolute atomic E-state index is 0.117. The predicted molar refractivity (Wildman–Crippen MR) is 86.9 cm³/mol. The molecule has 2 N–H and O–H groups in total. The van der Waals surface area contributed by atoms with Crippen molar-refractivity contribution in [1.82, 2.24) is 4.98 Å². The second-order valence-electron chi connectivity index (χ2n) is 5.12. The van der Waals surface area contributed by atoms with Crippen molar-refractivity contribution in [1.29, 1.82) is 0 Å². The molecule has 0 saturated heterocycles. The molecule has 1 heterocycles. The maximum Gasteiger partial charge on any atom is 0.257 e. The molecule has 4 nitrogen and oxygen atoms in total. The molecule has 0 spiro atoms. The number of benzene rings is 1.